The Kier molecular flexibility index (Phi) is 6.13. The lowest BCUT2D eigenvalue weighted by Gasteiger charge is -2.20. The molecule has 0 aromatic carbocycles. The van der Waals surface area contributed by atoms with E-state index in [4.69, 9.17) is 9.97 Å². The molecule has 1 saturated carbocycles. The molecule has 0 unspecified atom stereocenters. The SMILES string of the molecule is CC(=O)NNC(=O)CSc1nc(C2CCCCC2)nc2sc(C)c(C)c12. The Labute approximate surface area is 161 Å². The van der Waals surface area contributed by atoms with Crippen molar-refractivity contribution < 1.29 is 9.59 Å². The molecule has 2 heterocycles. The van der Waals surface area contributed by atoms with E-state index in [1.807, 2.05) is 0 Å². The normalized spacial score (nSPS) is 15.2. The van der Waals surface area contributed by atoms with Gasteiger partial charge in [-0.05, 0) is 32.3 Å². The van der Waals surface area contributed by atoms with Gasteiger partial charge in [-0.2, -0.15) is 0 Å². The Hall–Kier alpha value is -1.67. The summed E-state index contributed by atoms with van der Waals surface area (Å²) in [5, 5.41) is 1.93. The molecule has 0 atom stereocenters. The highest BCUT2D eigenvalue weighted by Crippen LogP contribution is 2.38. The maximum Gasteiger partial charge on any atom is 0.248 e. The average Bonchev–Trinajstić information content (AvgIpc) is 2.92. The molecule has 1 fully saturated rings. The summed E-state index contributed by atoms with van der Waals surface area (Å²) in [4.78, 5) is 34.8. The van der Waals surface area contributed by atoms with E-state index in [2.05, 4.69) is 24.7 Å². The van der Waals surface area contributed by atoms with Crippen molar-refractivity contribution in [2.24, 2.45) is 0 Å². The minimum atomic E-state index is -0.295. The first-order chi connectivity index (χ1) is 12.5. The highest BCUT2D eigenvalue weighted by atomic mass is 32.2. The minimum absolute atomic E-state index is 0.199. The number of aryl methyl sites for hydroxylation is 2. The van der Waals surface area contributed by atoms with Crippen LogP contribution in [0.4, 0.5) is 0 Å². The Balaban J connectivity index is 1.86. The molecule has 2 aromatic heterocycles. The summed E-state index contributed by atoms with van der Waals surface area (Å²) in [7, 11) is 0. The van der Waals surface area contributed by atoms with Gasteiger partial charge >= 0.3 is 0 Å². The van der Waals surface area contributed by atoms with Crippen LogP contribution in [0.5, 0.6) is 0 Å². The van der Waals surface area contributed by atoms with E-state index in [0.717, 1.165) is 33.9 Å². The number of rotatable bonds is 4. The Morgan fingerprint density at radius 3 is 2.58 bits per heavy atom. The zero-order chi connectivity index (χ0) is 18.7. The molecule has 26 heavy (non-hydrogen) atoms. The molecule has 3 rings (SSSR count). The van der Waals surface area contributed by atoms with Gasteiger partial charge in [0, 0.05) is 23.1 Å². The van der Waals surface area contributed by atoms with Crippen molar-refractivity contribution in [1.82, 2.24) is 20.8 Å². The van der Waals surface area contributed by atoms with Gasteiger partial charge in [0.05, 0.1) is 5.75 Å². The number of carbonyl (C=O) groups excluding carboxylic acids is 2. The number of carbonyl (C=O) groups is 2. The number of fused-ring (bicyclic) bond motifs is 1. The van der Waals surface area contributed by atoms with Gasteiger partial charge < -0.3 is 0 Å². The van der Waals surface area contributed by atoms with Crippen molar-refractivity contribution in [3.8, 4) is 0 Å². The summed E-state index contributed by atoms with van der Waals surface area (Å²) in [6, 6.07) is 0. The van der Waals surface area contributed by atoms with Crippen molar-refractivity contribution in [1.29, 1.82) is 0 Å². The fraction of sp³-hybridized carbons (Fsp3) is 0.556. The van der Waals surface area contributed by atoms with Crippen LogP contribution in [-0.4, -0.2) is 27.5 Å². The van der Waals surface area contributed by atoms with Crippen LogP contribution in [0.15, 0.2) is 5.03 Å². The highest BCUT2D eigenvalue weighted by molar-refractivity contribution is 8.00. The molecule has 1 aliphatic rings. The van der Waals surface area contributed by atoms with Crippen LogP contribution in [0.25, 0.3) is 10.2 Å². The standard InChI is InChI=1S/C18H24N4O2S2/c1-10-11(2)26-18-15(10)17(25-9-14(24)22-21-12(3)23)19-16(20-18)13-7-5-4-6-8-13/h13H,4-9H2,1-3H3,(H,21,23)(H,22,24). The van der Waals surface area contributed by atoms with Gasteiger partial charge in [-0.1, -0.05) is 31.0 Å². The second-order valence-electron chi connectivity index (χ2n) is 6.70. The second-order valence-corrected chi connectivity index (χ2v) is 8.87. The van der Waals surface area contributed by atoms with Crippen LogP contribution in [0.1, 0.15) is 61.2 Å². The number of amides is 2. The summed E-state index contributed by atoms with van der Waals surface area (Å²) < 4.78 is 0. The number of thiophene rings is 1. The minimum Gasteiger partial charge on any atom is -0.274 e. The summed E-state index contributed by atoms with van der Waals surface area (Å²) in [6.07, 6.45) is 6.04. The van der Waals surface area contributed by atoms with Crippen LogP contribution < -0.4 is 10.9 Å². The number of aromatic nitrogens is 2. The van der Waals surface area contributed by atoms with E-state index in [0.29, 0.717) is 5.92 Å². The predicted molar refractivity (Wildman–Crippen MR) is 105 cm³/mol. The summed E-state index contributed by atoms with van der Waals surface area (Å²) >= 11 is 3.11. The van der Waals surface area contributed by atoms with Gasteiger partial charge in [-0.15, -0.1) is 11.3 Å². The van der Waals surface area contributed by atoms with E-state index >= 15 is 0 Å². The Bertz CT molecular complexity index is 828. The third-order valence-electron chi connectivity index (χ3n) is 4.70. The van der Waals surface area contributed by atoms with Crippen LogP contribution in [-0.2, 0) is 9.59 Å². The van der Waals surface area contributed by atoms with Crippen molar-refractivity contribution in [2.75, 3.05) is 5.75 Å². The Morgan fingerprint density at radius 2 is 1.88 bits per heavy atom. The van der Waals surface area contributed by atoms with Crippen molar-refractivity contribution in [2.45, 2.75) is 63.8 Å². The van der Waals surface area contributed by atoms with E-state index in [9.17, 15) is 9.59 Å². The van der Waals surface area contributed by atoms with Gasteiger partial charge in [0.25, 0.3) is 0 Å². The second kappa shape index (κ2) is 8.35. The molecule has 0 spiro atoms. The van der Waals surface area contributed by atoms with Gasteiger partial charge in [-0.25, -0.2) is 9.97 Å². The van der Waals surface area contributed by atoms with Crippen LogP contribution in [0.2, 0.25) is 0 Å². The third kappa shape index (κ3) is 4.35. The van der Waals surface area contributed by atoms with E-state index < -0.39 is 0 Å². The number of thioether (sulfide) groups is 1. The molecule has 2 aromatic rings. The van der Waals surface area contributed by atoms with Gasteiger partial charge in [0.1, 0.15) is 15.7 Å². The number of nitrogens with one attached hydrogen (secondary N) is 2. The molecule has 6 nitrogen and oxygen atoms in total. The largest absolute Gasteiger partial charge is 0.274 e. The molecule has 2 amide bonds. The van der Waals surface area contributed by atoms with Gasteiger partial charge in [-0.3, -0.25) is 20.4 Å². The molecule has 8 heteroatoms. The van der Waals surface area contributed by atoms with Crippen molar-refractivity contribution in [3.63, 3.8) is 0 Å². The molecule has 0 aliphatic heterocycles. The monoisotopic (exact) mass is 392 g/mol. The Morgan fingerprint density at radius 1 is 1.15 bits per heavy atom. The number of nitrogens with zero attached hydrogens (tertiary/aromatic N) is 2. The lowest BCUT2D eigenvalue weighted by Crippen LogP contribution is -2.41. The number of hydrogen-bond donors (Lipinski definition) is 2. The lowest BCUT2D eigenvalue weighted by molar-refractivity contribution is -0.126. The molecule has 0 saturated heterocycles. The zero-order valence-corrected chi connectivity index (χ0v) is 17.0. The average molecular weight is 393 g/mol. The fourth-order valence-electron chi connectivity index (χ4n) is 3.20. The fourth-order valence-corrected chi connectivity index (χ4v) is 5.20. The van der Waals surface area contributed by atoms with Crippen molar-refractivity contribution in [3.05, 3.63) is 16.3 Å². The lowest BCUT2D eigenvalue weighted by atomic mass is 9.89. The molecular formula is C18H24N4O2S2. The smallest absolute Gasteiger partial charge is 0.248 e. The van der Waals surface area contributed by atoms with Crippen LogP contribution in [0, 0.1) is 13.8 Å². The van der Waals surface area contributed by atoms with Crippen molar-refractivity contribution >= 4 is 45.1 Å². The van der Waals surface area contributed by atoms with Crippen LogP contribution in [0.3, 0.4) is 0 Å². The first kappa shape index (κ1) is 19.1. The maximum atomic E-state index is 11.9. The van der Waals surface area contributed by atoms with E-state index in [1.165, 1.54) is 48.4 Å². The van der Waals surface area contributed by atoms with Crippen LogP contribution >= 0.6 is 23.1 Å². The summed E-state index contributed by atoms with van der Waals surface area (Å²) in [5.41, 5.74) is 5.90. The van der Waals surface area contributed by atoms with E-state index in [-0.39, 0.29) is 17.6 Å². The molecule has 2 N–H and O–H groups in total. The summed E-state index contributed by atoms with van der Waals surface area (Å²) in [5.74, 6) is 0.995. The molecule has 140 valence electrons. The third-order valence-corrected chi connectivity index (χ3v) is 6.78. The predicted octanol–water partition coefficient (Wildman–Crippen LogP) is 3.62. The number of hydrogen-bond acceptors (Lipinski definition) is 6. The molecular weight excluding hydrogens is 368 g/mol. The first-order valence-electron chi connectivity index (χ1n) is 8.91. The molecule has 1 aliphatic carbocycles. The summed E-state index contributed by atoms with van der Waals surface area (Å²) in [6.45, 7) is 5.54. The quantitative estimate of drug-likeness (QED) is 0.472. The van der Waals surface area contributed by atoms with E-state index in [1.54, 1.807) is 11.3 Å². The van der Waals surface area contributed by atoms with Gasteiger partial charge in [0.2, 0.25) is 11.8 Å². The topological polar surface area (TPSA) is 84.0 Å². The van der Waals surface area contributed by atoms with Gasteiger partial charge in [0.15, 0.2) is 0 Å². The first-order valence-corrected chi connectivity index (χ1v) is 10.7. The molecule has 0 bridgehead atoms. The number of hydrazine groups is 1. The molecule has 0 radical (unpaired) electrons. The zero-order valence-electron chi connectivity index (χ0n) is 15.3. The maximum absolute atomic E-state index is 11.9. The highest BCUT2D eigenvalue weighted by Gasteiger charge is 2.22.